The number of anilines is 3. The highest BCUT2D eigenvalue weighted by Crippen LogP contribution is 2.39. The van der Waals surface area contributed by atoms with Gasteiger partial charge in [0, 0.05) is 38.1 Å². The number of H-pyrrole nitrogens is 1. The third-order valence-corrected chi connectivity index (χ3v) is 6.58. The van der Waals surface area contributed by atoms with Gasteiger partial charge in [0.15, 0.2) is 5.15 Å². The van der Waals surface area contributed by atoms with Crippen LogP contribution >= 0.6 is 11.6 Å². The Morgan fingerprint density at radius 3 is 2.70 bits per heavy atom. The van der Waals surface area contributed by atoms with Crippen molar-refractivity contribution < 1.29 is 22.3 Å². The molecule has 0 amide bonds. The van der Waals surface area contributed by atoms with E-state index < -0.39 is 24.0 Å². The molecule has 2 fully saturated rings. The number of hydrogen-bond acceptors (Lipinski definition) is 6. The highest BCUT2D eigenvalue weighted by molar-refractivity contribution is 6.32. The summed E-state index contributed by atoms with van der Waals surface area (Å²) in [6, 6.07) is 1.21. The Bertz CT molecular complexity index is 1160. The van der Waals surface area contributed by atoms with Crippen molar-refractivity contribution in [2.45, 2.75) is 30.9 Å². The van der Waals surface area contributed by atoms with E-state index in [0.29, 0.717) is 25.3 Å². The lowest BCUT2D eigenvalue weighted by Gasteiger charge is -2.42. The van der Waals surface area contributed by atoms with E-state index in [1.807, 2.05) is 0 Å². The zero-order valence-electron chi connectivity index (χ0n) is 17.6. The van der Waals surface area contributed by atoms with Crippen LogP contribution in [0, 0.1) is 0 Å². The number of hydrogen-bond donors (Lipinski definition) is 3. The zero-order valence-corrected chi connectivity index (χ0v) is 18.3. The van der Waals surface area contributed by atoms with Crippen molar-refractivity contribution in [1.82, 2.24) is 24.6 Å². The fourth-order valence-corrected chi connectivity index (χ4v) is 4.64. The van der Waals surface area contributed by atoms with Crippen molar-refractivity contribution in [3.63, 3.8) is 0 Å². The fraction of sp³-hybridized carbons (Fsp3) is 0.500. The van der Waals surface area contributed by atoms with E-state index in [9.17, 15) is 17.6 Å². The number of aromatic amines is 1. The predicted octanol–water partition coefficient (Wildman–Crippen LogP) is 4.20. The van der Waals surface area contributed by atoms with Crippen LogP contribution in [0.4, 0.5) is 34.8 Å². The molecule has 0 saturated carbocycles. The van der Waals surface area contributed by atoms with Gasteiger partial charge in [-0.05, 0) is 6.42 Å². The van der Waals surface area contributed by atoms with Gasteiger partial charge in [-0.25, -0.2) is 14.1 Å². The van der Waals surface area contributed by atoms with Crippen molar-refractivity contribution >= 4 is 39.8 Å². The van der Waals surface area contributed by atoms with Crippen molar-refractivity contribution in [1.29, 1.82) is 0 Å². The van der Waals surface area contributed by atoms with Crippen LogP contribution in [0.3, 0.4) is 0 Å². The van der Waals surface area contributed by atoms with Crippen LogP contribution in [-0.4, -0.2) is 70.2 Å². The van der Waals surface area contributed by atoms with Gasteiger partial charge < -0.3 is 20.4 Å². The van der Waals surface area contributed by atoms with E-state index in [-0.39, 0.29) is 40.3 Å². The van der Waals surface area contributed by atoms with E-state index in [4.69, 9.17) is 16.3 Å². The second-order valence-corrected chi connectivity index (χ2v) is 8.56. The average molecular weight is 488 g/mol. The Morgan fingerprint density at radius 1 is 1.27 bits per heavy atom. The van der Waals surface area contributed by atoms with Crippen LogP contribution in [-0.2, 0) is 10.9 Å². The maximum atomic E-state index is 15.0. The second kappa shape index (κ2) is 8.33. The van der Waals surface area contributed by atoms with Gasteiger partial charge in [0.25, 0.3) is 0 Å². The number of fused-ring (bicyclic) bond motifs is 1. The maximum absolute atomic E-state index is 15.0. The fourth-order valence-electron chi connectivity index (χ4n) is 4.38. The molecule has 0 aromatic carbocycles. The topological polar surface area (TPSA) is 83.0 Å². The van der Waals surface area contributed by atoms with E-state index in [1.54, 1.807) is 0 Å². The molecule has 8 nitrogen and oxygen atoms in total. The number of rotatable bonds is 5. The number of nitrogens with one attached hydrogen (secondary N) is 3. The van der Waals surface area contributed by atoms with Gasteiger partial charge in [-0.3, -0.25) is 4.90 Å². The number of alkyl halides is 4. The zero-order chi connectivity index (χ0) is 23.3. The van der Waals surface area contributed by atoms with Crippen LogP contribution in [0.15, 0.2) is 18.5 Å². The normalized spacial score (nSPS) is 22.5. The van der Waals surface area contributed by atoms with Crippen LogP contribution < -0.4 is 10.6 Å². The summed E-state index contributed by atoms with van der Waals surface area (Å²) in [7, 11) is 1.53. The summed E-state index contributed by atoms with van der Waals surface area (Å²) in [6.45, 7) is 2.27. The predicted molar refractivity (Wildman–Crippen MR) is 116 cm³/mol. The van der Waals surface area contributed by atoms with E-state index in [1.165, 1.54) is 24.0 Å². The molecule has 0 bridgehead atoms. The Kier molecular flexibility index (Phi) is 5.61. The lowest BCUT2D eigenvalue weighted by molar-refractivity contribution is -0.136. The summed E-state index contributed by atoms with van der Waals surface area (Å²) in [4.78, 5) is 8.90. The first-order chi connectivity index (χ1) is 15.8. The minimum Gasteiger partial charge on any atom is -0.387 e. The molecule has 5 rings (SSSR count). The SMILES string of the molecule is CNc1cc(Nc2cnn([C@H]3CCN(C4COC4)C[C@@H]3F)c2Cl)nc2[nH]cc(C(F)(F)F)c12. The molecule has 2 saturated heterocycles. The second-order valence-electron chi connectivity index (χ2n) is 8.21. The molecule has 3 N–H and O–H groups in total. The van der Waals surface area contributed by atoms with Crippen LogP contribution in [0.2, 0.25) is 5.15 Å². The van der Waals surface area contributed by atoms with E-state index in [2.05, 4.69) is 30.6 Å². The smallest absolute Gasteiger partial charge is 0.387 e. The minimum atomic E-state index is -4.52. The first-order valence-electron chi connectivity index (χ1n) is 10.5. The quantitative estimate of drug-likeness (QED) is 0.468. The molecule has 0 unspecified atom stereocenters. The van der Waals surface area contributed by atoms with Crippen LogP contribution in [0.25, 0.3) is 11.0 Å². The highest BCUT2D eigenvalue weighted by atomic mass is 35.5. The number of ether oxygens (including phenoxy) is 1. The molecule has 33 heavy (non-hydrogen) atoms. The van der Waals surface area contributed by atoms with E-state index >= 15 is 0 Å². The van der Waals surface area contributed by atoms with Crippen molar-refractivity contribution in [3.05, 3.63) is 29.2 Å². The lowest BCUT2D eigenvalue weighted by Crippen LogP contribution is -2.55. The summed E-state index contributed by atoms with van der Waals surface area (Å²) in [5.41, 5.74) is -0.108. The highest BCUT2D eigenvalue weighted by Gasteiger charge is 2.38. The third kappa shape index (κ3) is 4.00. The van der Waals surface area contributed by atoms with Gasteiger partial charge in [-0.1, -0.05) is 11.6 Å². The van der Waals surface area contributed by atoms with Crippen molar-refractivity contribution in [3.8, 4) is 0 Å². The number of pyridine rings is 1. The summed E-state index contributed by atoms with van der Waals surface area (Å²) >= 11 is 6.50. The monoisotopic (exact) mass is 487 g/mol. The molecular formula is C20H22ClF4N7O. The number of likely N-dealkylation sites (tertiary alicyclic amines) is 1. The Balaban J connectivity index is 1.37. The first-order valence-corrected chi connectivity index (χ1v) is 10.9. The average Bonchev–Trinajstić information content (AvgIpc) is 3.31. The molecule has 3 aromatic heterocycles. The van der Waals surface area contributed by atoms with Gasteiger partial charge >= 0.3 is 6.18 Å². The van der Waals surface area contributed by atoms with Gasteiger partial charge in [0.1, 0.15) is 17.6 Å². The summed E-state index contributed by atoms with van der Waals surface area (Å²) in [6.07, 6.45) is -2.77. The summed E-state index contributed by atoms with van der Waals surface area (Å²) in [5, 5.41) is 10.2. The lowest BCUT2D eigenvalue weighted by atomic mass is 10.0. The molecule has 2 atom stereocenters. The Labute approximate surface area is 191 Å². The third-order valence-electron chi connectivity index (χ3n) is 6.20. The molecule has 13 heteroatoms. The summed E-state index contributed by atoms with van der Waals surface area (Å²) < 4.78 is 61.5. The number of aromatic nitrogens is 4. The molecule has 0 aliphatic carbocycles. The number of nitrogens with zero attached hydrogens (tertiary/aromatic N) is 4. The first kappa shape index (κ1) is 22.2. The van der Waals surface area contributed by atoms with Crippen molar-refractivity contribution in [2.75, 3.05) is 44.0 Å². The van der Waals surface area contributed by atoms with Crippen LogP contribution in [0.5, 0.6) is 0 Å². The molecule has 0 radical (unpaired) electrons. The molecular weight excluding hydrogens is 466 g/mol. The maximum Gasteiger partial charge on any atom is 0.418 e. The van der Waals surface area contributed by atoms with Crippen molar-refractivity contribution in [2.24, 2.45) is 0 Å². The van der Waals surface area contributed by atoms with Gasteiger partial charge in [-0.15, -0.1) is 0 Å². The minimum absolute atomic E-state index is 0.0544. The molecule has 178 valence electrons. The molecule has 0 spiro atoms. The largest absolute Gasteiger partial charge is 0.418 e. The molecule has 3 aromatic rings. The van der Waals surface area contributed by atoms with Gasteiger partial charge in [0.05, 0.1) is 48.1 Å². The van der Waals surface area contributed by atoms with Crippen LogP contribution in [0.1, 0.15) is 18.0 Å². The molecule has 5 heterocycles. The van der Waals surface area contributed by atoms with E-state index in [0.717, 1.165) is 12.7 Å². The Hall–Kier alpha value is -2.57. The van der Waals surface area contributed by atoms with Gasteiger partial charge in [0.2, 0.25) is 0 Å². The summed E-state index contributed by atoms with van der Waals surface area (Å²) in [5.74, 6) is 0.264. The molecule has 2 aliphatic heterocycles. The number of halogens is 5. The van der Waals surface area contributed by atoms with Gasteiger partial charge in [-0.2, -0.15) is 18.3 Å². The standard InChI is InChI=1S/C20H22ClF4N7O/c1-26-13-4-16(30-19-17(13)11(5-27-19)20(23,24)25)29-14-6-28-32(18(14)21)15-2-3-31(7-12(15)22)10-8-33-9-10/h4-6,10,12,15H,2-3,7-9H2,1H3,(H3,26,27,29,30)/t12-,15-/m0/s1. The molecule has 2 aliphatic rings. The number of piperidine rings is 1. The Morgan fingerprint density at radius 2 is 2.06 bits per heavy atom.